The number of rotatable bonds is 6. The summed E-state index contributed by atoms with van der Waals surface area (Å²) in [7, 11) is -3.77. The Labute approximate surface area is 143 Å². The number of piperidine rings is 1. The van der Waals surface area contributed by atoms with Gasteiger partial charge in [0.2, 0.25) is 10.0 Å². The van der Waals surface area contributed by atoms with Crippen LogP contribution in [0.25, 0.3) is 0 Å². The molecule has 1 aromatic rings. The molecule has 0 saturated carbocycles. The van der Waals surface area contributed by atoms with Crippen molar-refractivity contribution >= 4 is 15.7 Å². The molecule has 134 valence electrons. The Bertz CT molecular complexity index is 712. The number of benzene rings is 1. The van der Waals surface area contributed by atoms with E-state index in [9.17, 15) is 18.5 Å². The van der Waals surface area contributed by atoms with Crippen molar-refractivity contribution in [1.29, 1.82) is 0 Å². The van der Waals surface area contributed by atoms with Crippen LogP contribution in [-0.2, 0) is 10.0 Å². The van der Waals surface area contributed by atoms with Crippen LogP contribution in [0.5, 0.6) is 0 Å². The highest BCUT2D eigenvalue weighted by Crippen LogP contribution is 2.30. The van der Waals surface area contributed by atoms with Gasteiger partial charge in [-0.25, -0.2) is 8.42 Å². The summed E-state index contributed by atoms with van der Waals surface area (Å²) in [4.78, 5) is 10.6. The molecule has 0 spiro atoms. The quantitative estimate of drug-likeness (QED) is 0.625. The zero-order chi connectivity index (χ0) is 17.9. The molecule has 1 N–H and O–H groups in total. The lowest BCUT2D eigenvalue weighted by Crippen LogP contribution is -2.46. The number of hydrogen-bond acceptors (Lipinski definition) is 5. The van der Waals surface area contributed by atoms with E-state index in [4.69, 9.17) is 0 Å². The molecule has 0 amide bonds. The molecule has 1 aliphatic heterocycles. The van der Waals surface area contributed by atoms with Crippen molar-refractivity contribution in [2.45, 2.75) is 51.0 Å². The molecule has 1 heterocycles. The third-order valence-corrected chi connectivity index (χ3v) is 6.64. The van der Waals surface area contributed by atoms with Crippen molar-refractivity contribution in [2.75, 3.05) is 19.6 Å². The fourth-order valence-corrected chi connectivity index (χ4v) is 5.22. The molecular formula is C16H25N3O4S. The molecule has 0 bridgehead atoms. The van der Waals surface area contributed by atoms with Crippen LogP contribution in [0.3, 0.4) is 0 Å². The summed E-state index contributed by atoms with van der Waals surface area (Å²) in [5, 5.41) is 14.4. The van der Waals surface area contributed by atoms with E-state index in [0.29, 0.717) is 24.1 Å². The Hall–Kier alpha value is -1.51. The van der Waals surface area contributed by atoms with Crippen LogP contribution in [0.1, 0.15) is 37.3 Å². The van der Waals surface area contributed by atoms with Gasteiger partial charge in [-0.15, -0.1) is 0 Å². The molecular weight excluding hydrogens is 330 g/mol. The largest absolute Gasteiger partial charge is 0.317 e. The predicted octanol–water partition coefficient (Wildman–Crippen LogP) is 2.36. The van der Waals surface area contributed by atoms with E-state index in [0.717, 1.165) is 25.9 Å². The van der Waals surface area contributed by atoms with E-state index < -0.39 is 14.9 Å². The molecule has 0 radical (unpaired) electrons. The first-order valence-electron chi connectivity index (χ1n) is 8.27. The number of nitro benzene ring substituents is 1. The maximum absolute atomic E-state index is 13.3. The monoisotopic (exact) mass is 355 g/mol. The first kappa shape index (κ1) is 18.8. The molecule has 0 atom stereocenters. The minimum absolute atomic E-state index is 0.0567. The molecule has 1 saturated heterocycles. The summed E-state index contributed by atoms with van der Waals surface area (Å²) in [6, 6.07) is 2.56. The first-order chi connectivity index (χ1) is 11.3. The van der Waals surface area contributed by atoms with Gasteiger partial charge in [-0.05, 0) is 57.3 Å². The Morgan fingerprint density at radius 2 is 1.92 bits per heavy atom. The number of nitrogens with one attached hydrogen (secondary N) is 1. The van der Waals surface area contributed by atoms with Gasteiger partial charge < -0.3 is 5.32 Å². The lowest BCUT2D eigenvalue weighted by atomic mass is 10.1. The number of sulfonamides is 1. The van der Waals surface area contributed by atoms with Gasteiger partial charge >= 0.3 is 0 Å². The van der Waals surface area contributed by atoms with E-state index >= 15 is 0 Å². The number of nitro groups is 1. The van der Waals surface area contributed by atoms with Gasteiger partial charge in [-0.2, -0.15) is 4.31 Å². The normalized spacial score (nSPS) is 16.5. The van der Waals surface area contributed by atoms with E-state index in [2.05, 4.69) is 5.32 Å². The predicted molar refractivity (Wildman–Crippen MR) is 92.6 cm³/mol. The van der Waals surface area contributed by atoms with E-state index in [1.165, 1.54) is 12.1 Å². The van der Waals surface area contributed by atoms with Gasteiger partial charge in [-0.3, -0.25) is 10.1 Å². The lowest BCUT2D eigenvalue weighted by molar-refractivity contribution is -0.385. The van der Waals surface area contributed by atoms with Crippen LogP contribution >= 0.6 is 0 Å². The Morgan fingerprint density at radius 3 is 2.46 bits per heavy atom. The van der Waals surface area contributed by atoms with E-state index in [-0.39, 0.29) is 16.6 Å². The van der Waals surface area contributed by atoms with Crippen molar-refractivity contribution in [2.24, 2.45) is 0 Å². The van der Waals surface area contributed by atoms with Crippen molar-refractivity contribution in [3.05, 3.63) is 33.4 Å². The van der Waals surface area contributed by atoms with Crippen LogP contribution in [0.15, 0.2) is 17.0 Å². The number of nitrogens with zero attached hydrogens (tertiary/aromatic N) is 2. The number of hydrogen-bond donors (Lipinski definition) is 1. The van der Waals surface area contributed by atoms with Gasteiger partial charge in [0.05, 0.1) is 9.82 Å². The highest BCUT2D eigenvalue weighted by molar-refractivity contribution is 7.89. The fraction of sp³-hybridized carbons (Fsp3) is 0.625. The molecule has 7 nitrogen and oxygen atoms in total. The van der Waals surface area contributed by atoms with Crippen LogP contribution in [0.4, 0.5) is 5.69 Å². The molecule has 0 aromatic heterocycles. The smallest absolute Gasteiger partial charge is 0.271 e. The SMILES string of the molecule is CCCN(C1CCNCC1)S(=O)(=O)c1cc([N+](=O)[O-])cc(C)c1C. The molecule has 24 heavy (non-hydrogen) atoms. The van der Waals surface area contributed by atoms with Crippen molar-refractivity contribution in [1.82, 2.24) is 9.62 Å². The van der Waals surface area contributed by atoms with Gasteiger partial charge in [0.25, 0.3) is 5.69 Å². The van der Waals surface area contributed by atoms with Gasteiger partial charge in [-0.1, -0.05) is 6.92 Å². The fourth-order valence-electron chi connectivity index (χ4n) is 3.12. The zero-order valence-electron chi connectivity index (χ0n) is 14.4. The molecule has 1 aromatic carbocycles. The molecule has 1 fully saturated rings. The number of non-ortho nitro benzene ring substituents is 1. The molecule has 0 unspecified atom stereocenters. The maximum Gasteiger partial charge on any atom is 0.271 e. The molecule has 1 aliphatic rings. The summed E-state index contributed by atoms with van der Waals surface area (Å²) >= 11 is 0. The summed E-state index contributed by atoms with van der Waals surface area (Å²) in [6.07, 6.45) is 2.22. The second kappa shape index (κ2) is 7.58. The molecule has 2 rings (SSSR count). The average molecular weight is 355 g/mol. The second-order valence-corrected chi connectivity index (χ2v) is 8.10. The molecule has 0 aliphatic carbocycles. The van der Waals surface area contributed by atoms with Crippen molar-refractivity contribution in [3.8, 4) is 0 Å². The third kappa shape index (κ3) is 3.76. The minimum Gasteiger partial charge on any atom is -0.317 e. The van der Waals surface area contributed by atoms with Gasteiger partial charge in [0.15, 0.2) is 0 Å². The maximum atomic E-state index is 13.3. The second-order valence-electron chi connectivity index (χ2n) is 6.24. The van der Waals surface area contributed by atoms with Crippen LogP contribution in [0, 0.1) is 24.0 Å². The highest BCUT2D eigenvalue weighted by atomic mass is 32.2. The first-order valence-corrected chi connectivity index (χ1v) is 9.71. The van der Waals surface area contributed by atoms with Crippen LogP contribution < -0.4 is 5.32 Å². The summed E-state index contributed by atoms with van der Waals surface area (Å²) in [5.41, 5.74) is 1.01. The average Bonchev–Trinajstić information content (AvgIpc) is 2.55. The van der Waals surface area contributed by atoms with E-state index in [1.807, 2.05) is 6.92 Å². The zero-order valence-corrected chi connectivity index (χ0v) is 15.2. The Balaban J connectivity index is 2.51. The highest BCUT2D eigenvalue weighted by Gasteiger charge is 2.34. The summed E-state index contributed by atoms with van der Waals surface area (Å²) < 4.78 is 28.0. The third-order valence-electron chi connectivity index (χ3n) is 4.56. The summed E-state index contributed by atoms with van der Waals surface area (Å²) in [5.74, 6) is 0. The van der Waals surface area contributed by atoms with Crippen LogP contribution in [-0.4, -0.2) is 43.3 Å². The van der Waals surface area contributed by atoms with Crippen LogP contribution in [0.2, 0.25) is 0 Å². The molecule has 8 heteroatoms. The Kier molecular flexibility index (Phi) is 5.95. The number of aryl methyl sites for hydroxylation is 1. The topological polar surface area (TPSA) is 92.6 Å². The van der Waals surface area contributed by atoms with E-state index in [1.54, 1.807) is 18.2 Å². The lowest BCUT2D eigenvalue weighted by Gasteiger charge is -2.34. The van der Waals surface area contributed by atoms with Gasteiger partial charge in [0, 0.05) is 24.7 Å². The van der Waals surface area contributed by atoms with Crippen molar-refractivity contribution in [3.63, 3.8) is 0 Å². The summed E-state index contributed by atoms with van der Waals surface area (Å²) in [6.45, 7) is 7.35. The van der Waals surface area contributed by atoms with Gasteiger partial charge in [0.1, 0.15) is 0 Å². The Morgan fingerprint density at radius 1 is 1.29 bits per heavy atom. The minimum atomic E-state index is -3.77. The standard InChI is InChI=1S/C16H25N3O4S/c1-4-9-18(14-5-7-17-8-6-14)24(22,23)16-11-15(19(20)21)10-12(2)13(16)3/h10-11,14,17H,4-9H2,1-3H3. The van der Waals surface area contributed by atoms with Crippen molar-refractivity contribution < 1.29 is 13.3 Å².